The second-order valence-corrected chi connectivity index (χ2v) is 8.39. The first-order valence-corrected chi connectivity index (χ1v) is 11.3. The number of alkyl halides is 3. The van der Waals surface area contributed by atoms with Gasteiger partial charge in [0, 0.05) is 29.7 Å². The molecule has 1 atom stereocenters. The summed E-state index contributed by atoms with van der Waals surface area (Å²) in [7, 11) is 0. The van der Waals surface area contributed by atoms with Gasteiger partial charge in [0.15, 0.2) is 11.6 Å². The number of hydrogen-bond acceptors (Lipinski definition) is 8. The molecule has 0 aliphatic rings. The van der Waals surface area contributed by atoms with Crippen molar-refractivity contribution in [1.29, 1.82) is 5.53 Å². The predicted octanol–water partition coefficient (Wildman–Crippen LogP) is 6.47. The number of nitrogens with zero attached hydrogens (tertiary/aromatic N) is 6. The minimum absolute atomic E-state index is 0.0440. The van der Waals surface area contributed by atoms with Crippen LogP contribution in [0.15, 0.2) is 58.5 Å². The topological polar surface area (TPSA) is 131 Å². The predicted molar refractivity (Wildman–Crippen MR) is 128 cm³/mol. The second-order valence-electron chi connectivity index (χ2n) is 7.64. The Balaban J connectivity index is 1.86. The van der Waals surface area contributed by atoms with E-state index in [9.17, 15) is 22.0 Å². The van der Waals surface area contributed by atoms with Crippen molar-refractivity contribution in [3.05, 3.63) is 70.9 Å². The largest absolute Gasteiger partial charge is 0.451 e. The van der Waals surface area contributed by atoms with Gasteiger partial charge in [0.25, 0.3) is 0 Å². The molecule has 4 N–H and O–H groups in total. The lowest BCUT2D eigenvalue weighted by Crippen LogP contribution is -2.12. The molecule has 4 rings (SSSR count). The van der Waals surface area contributed by atoms with E-state index in [-0.39, 0.29) is 28.4 Å². The molecule has 0 amide bonds. The molecule has 0 aliphatic heterocycles. The number of hydrogen-bond donors (Lipinski definition) is 3. The third-order valence-electron chi connectivity index (χ3n) is 5.44. The van der Waals surface area contributed by atoms with Crippen LogP contribution >= 0.6 is 15.9 Å². The molecule has 15 heteroatoms. The smallest absolute Gasteiger partial charge is 0.383 e. The normalized spacial score (nSPS) is 13.1. The monoisotopic (exact) mass is 581 g/mol. The SMILES string of the molecule is CCC(/C(=C/Nc1cccc(F)c1F)N=N)n1c(Br)c(-c2cnc(C(F)(F)F)nc2)c2c(N)ncnc21. The van der Waals surface area contributed by atoms with Crippen LogP contribution in [-0.2, 0) is 6.18 Å². The van der Waals surface area contributed by atoms with Gasteiger partial charge < -0.3 is 15.6 Å². The maximum Gasteiger partial charge on any atom is 0.451 e. The standard InChI is InChI=1S/C22H17BrF5N9/c1-2-14(13(36-30)8-31-12-5-3-4-11(24)17(12)25)37-18(23)15(16-19(29)34-9-35-20(16)37)10-6-32-21(33-7-10)22(26,27)28/h3-9,14,30-31H,2H2,1H3,(H2,29,34,35)/b13-8-,36-30?. The van der Waals surface area contributed by atoms with Crippen LogP contribution in [0.5, 0.6) is 0 Å². The Hall–Kier alpha value is -4.01. The average molecular weight is 582 g/mol. The first-order chi connectivity index (χ1) is 17.6. The van der Waals surface area contributed by atoms with Gasteiger partial charge in [0.2, 0.25) is 5.82 Å². The van der Waals surface area contributed by atoms with Crippen molar-refractivity contribution in [3.63, 3.8) is 0 Å². The number of rotatable bonds is 7. The Morgan fingerprint density at radius 3 is 2.54 bits per heavy atom. The minimum Gasteiger partial charge on any atom is -0.383 e. The maximum absolute atomic E-state index is 14.1. The molecule has 37 heavy (non-hydrogen) atoms. The van der Waals surface area contributed by atoms with Crippen LogP contribution in [0.2, 0.25) is 0 Å². The van der Waals surface area contributed by atoms with Gasteiger partial charge in [0.05, 0.1) is 21.7 Å². The number of fused-ring (bicyclic) bond motifs is 1. The van der Waals surface area contributed by atoms with Gasteiger partial charge in [-0.15, -0.1) is 0 Å². The molecule has 9 nitrogen and oxygen atoms in total. The zero-order valence-corrected chi connectivity index (χ0v) is 20.4. The summed E-state index contributed by atoms with van der Waals surface area (Å²) in [5.74, 6) is -3.42. The summed E-state index contributed by atoms with van der Waals surface area (Å²) in [5.41, 5.74) is 14.6. The Morgan fingerprint density at radius 2 is 1.92 bits per heavy atom. The summed E-state index contributed by atoms with van der Waals surface area (Å²) in [6.07, 6.45) is 0.101. The first kappa shape index (κ1) is 26.1. The van der Waals surface area contributed by atoms with E-state index in [0.29, 0.717) is 22.0 Å². The molecule has 192 valence electrons. The lowest BCUT2D eigenvalue weighted by molar-refractivity contribution is -0.144. The van der Waals surface area contributed by atoms with E-state index < -0.39 is 29.7 Å². The Labute approximate surface area is 214 Å². The minimum atomic E-state index is -4.72. The highest BCUT2D eigenvalue weighted by Crippen LogP contribution is 2.43. The van der Waals surface area contributed by atoms with Crippen molar-refractivity contribution in [2.24, 2.45) is 5.11 Å². The number of nitrogens with two attached hydrogens (primary N) is 1. The molecule has 4 aromatic rings. The third kappa shape index (κ3) is 4.85. The fraction of sp³-hybridized carbons (Fsp3) is 0.182. The van der Waals surface area contributed by atoms with E-state index in [0.717, 1.165) is 18.5 Å². The van der Waals surface area contributed by atoms with Gasteiger partial charge in [-0.3, -0.25) is 0 Å². The molecule has 0 saturated heterocycles. The molecular weight excluding hydrogens is 565 g/mol. The third-order valence-corrected chi connectivity index (χ3v) is 6.22. The summed E-state index contributed by atoms with van der Waals surface area (Å²) in [4.78, 5) is 15.1. The fourth-order valence-corrected chi connectivity index (χ4v) is 4.62. The highest BCUT2D eigenvalue weighted by Gasteiger charge is 2.35. The van der Waals surface area contributed by atoms with Crippen LogP contribution in [0, 0.1) is 17.2 Å². The lowest BCUT2D eigenvalue weighted by atomic mass is 10.1. The fourth-order valence-electron chi connectivity index (χ4n) is 3.77. The summed E-state index contributed by atoms with van der Waals surface area (Å²) in [5, 5.41) is 6.49. The van der Waals surface area contributed by atoms with Crippen LogP contribution in [-0.4, -0.2) is 24.5 Å². The Kier molecular flexibility index (Phi) is 7.16. The Morgan fingerprint density at radius 1 is 1.22 bits per heavy atom. The quantitative estimate of drug-likeness (QED) is 0.169. The maximum atomic E-state index is 14.1. The van der Waals surface area contributed by atoms with E-state index in [1.807, 2.05) is 0 Å². The number of halogens is 6. The van der Waals surface area contributed by atoms with Crippen molar-refractivity contribution in [2.45, 2.75) is 25.6 Å². The zero-order chi connectivity index (χ0) is 26.9. The Bertz CT molecular complexity index is 1500. The van der Waals surface area contributed by atoms with E-state index in [1.165, 1.54) is 24.7 Å². The first-order valence-electron chi connectivity index (χ1n) is 10.6. The number of nitrogens with one attached hydrogen (secondary N) is 2. The molecular formula is C22H17BrF5N9. The summed E-state index contributed by atoms with van der Waals surface area (Å²) in [6, 6.07) is 2.90. The molecule has 0 aliphatic carbocycles. The lowest BCUT2D eigenvalue weighted by Gasteiger charge is -2.19. The molecule has 3 heterocycles. The molecule has 0 radical (unpaired) electrons. The molecule has 1 unspecified atom stereocenters. The number of nitrogen functional groups attached to an aromatic ring is 1. The van der Waals surface area contributed by atoms with Crippen molar-refractivity contribution >= 4 is 38.5 Å². The number of allylic oxidation sites excluding steroid dienone is 1. The summed E-state index contributed by atoms with van der Waals surface area (Å²) >= 11 is 3.48. The van der Waals surface area contributed by atoms with Gasteiger partial charge >= 0.3 is 6.18 Å². The van der Waals surface area contributed by atoms with Gasteiger partial charge in [-0.2, -0.15) is 18.3 Å². The van der Waals surface area contributed by atoms with Crippen molar-refractivity contribution < 1.29 is 22.0 Å². The molecule has 3 aromatic heterocycles. The molecule has 0 fully saturated rings. The van der Waals surface area contributed by atoms with Crippen LogP contribution in [0.3, 0.4) is 0 Å². The van der Waals surface area contributed by atoms with Gasteiger partial charge in [-0.25, -0.2) is 34.2 Å². The number of anilines is 2. The van der Waals surface area contributed by atoms with E-state index in [4.69, 9.17) is 11.3 Å². The van der Waals surface area contributed by atoms with Crippen molar-refractivity contribution in [2.75, 3.05) is 11.1 Å². The van der Waals surface area contributed by atoms with E-state index >= 15 is 0 Å². The summed E-state index contributed by atoms with van der Waals surface area (Å²) < 4.78 is 68.6. The number of benzene rings is 1. The van der Waals surface area contributed by atoms with E-state index in [1.54, 1.807) is 11.5 Å². The van der Waals surface area contributed by atoms with Crippen LogP contribution in [0.1, 0.15) is 25.2 Å². The van der Waals surface area contributed by atoms with Crippen molar-refractivity contribution in [1.82, 2.24) is 24.5 Å². The number of aromatic nitrogens is 5. The average Bonchev–Trinajstić information content (AvgIpc) is 3.16. The molecule has 0 spiro atoms. The summed E-state index contributed by atoms with van der Waals surface area (Å²) in [6.45, 7) is 1.79. The van der Waals surface area contributed by atoms with Gasteiger partial charge in [-0.05, 0) is 34.5 Å². The highest BCUT2D eigenvalue weighted by molar-refractivity contribution is 9.10. The van der Waals surface area contributed by atoms with Crippen LogP contribution in [0.4, 0.5) is 33.5 Å². The zero-order valence-electron chi connectivity index (χ0n) is 18.9. The second kappa shape index (κ2) is 10.2. The molecule has 0 bridgehead atoms. The van der Waals surface area contributed by atoms with Crippen LogP contribution < -0.4 is 11.1 Å². The van der Waals surface area contributed by atoms with Gasteiger partial charge in [0.1, 0.15) is 23.5 Å². The highest BCUT2D eigenvalue weighted by atomic mass is 79.9. The van der Waals surface area contributed by atoms with Gasteiger partial charge in [-0.1, -0.05) is 13.0 Å². The van der Waals surface area contributed by atoms with Crippen molar-refractivity contribution in [3.8, 4) is 11.1 Å². The molecule has 0 saturated carbocycles. The van der Waals surface area contributed by atoms with E-state index in [2.05, 4.69) is 46.3 Å². The molecule has 1 aromatic carbocycles. The van der Waals surface area contributed by atoms with Crippen LogP contribution in [0.25, 0.3) is 22.2 Å².